The van der Waals surface area contributed by atoms with Gasteiger partial charge in [0.1, 0.15) is 0 Å². The number of urea groups is 1. The largest absolute Gasteiger partial charge is 0.493 e. The first-order chi connectivity index (χ1) is 14.0. The third-order valence-corrected chi connectivity index (χ3v) is 4.74. The average molecular weight is 413 g/mol. The summed E-state index contributed by atoms with van der Waals surface area (Å²) in [5.41, 5.74) is 0.696. The molecule has 0 bridgehead atoms. The van der Waals surface area contributed by atoms with E-state index >= 15 is 0 Å². The average Bonchev–Trinajstić information content (AvgIpc) is 2.70. The van der Waals surface area contributed by atoms with E-state index in [4.69, 9.17) is 4.74 Å². The normalized spacial score (nSPS) is 14.3. The van der Waals surface area contributed by atoms with Crippen LogP contribution >= 0.6 is 0 Å². The lowest BCUT2D eigenvalue weighted by atomic mass is 9.96. The Balaban J connectivity index is 1.63. The third-order valence-electron chi connectivity index (χ3n) is 4.74. The SMILES string of the molecule is COc1cc(CNC(=O)CCCNC(=O)NC2CCCCC2)ccc1OC(F)F. The molecule has 0 aliphatic heterocycles. The van der Waals surface area contributed by atoms with E-state index in [9.17, 15) is 18.4 Å². The van der Waals surface area contributed by atoms with Gasteiger partial charge in [-0.25, -0.2) is 4.79 Å². The zero-order chi connectivity index (χ0) is 21.1. The second-order valence-corrected chi connectivity index (χ2v) is 6.98. The van der Waals surface area contributed by atoms with Crippen molar-refractivity contribution in [3.05, 3.63) is 23.8 Å². The number of nitrogens with one attached hydrogen (secondary N) is 3. The topological polar surface area (TPSA) is 88.7 Å². The fourth-order valence-electron chi connectivity index (χ4n) is 3.24. The number of rotatable bonds is 10. The number of benzene rings is 1. The summed E-state index contributed by atoms with van der Waals surface area (Å²) in [7, 11) is 1.35. The summed E-state index contributed by atoms with van der Waals surface area (Å²) in [6.07, 6.45) is 6.38. The van der Waals surface area contributed by atoms with Gasteiger partial charge in [0, 0.05) is 25.6 Å². The smallest absolute Gasteiger partial charge is 0.387 e. The van der Waals surface area contributed by atoms with Crippen LogP contribution in [0.3, 0.4) is 0 Å². The quantitative estimate of drug-likeness (QED) is 0.514. The van der Waals surface area contributed by atoms with Gasteiger partial charge in [-0.15, -0.1) is 0 Å². The Morgan fingerprint density at radius 3 is 2.59 bits per heavy atom. The number of alkyl halides is 2. The number of amides is 3. The Hall–Kier alpha value is -2.58. The van der Waals surface area contributed by atoms with E-state index in [2.05, 4.69) is 20.7 Å². The first-order valence-corrected chi connectivity index (χ1v) is 9.90. The molecule has 1 fully saturated rings. The zero-order valence-corrected chi connectivity index (χ0v) is 16.6. The minimum atomic E-state index is -2.94. The van der Waals surface area contributed by atoms with Crippen molar-refractivity contribution in [1.82, 2.24) is 16.0 Å². The van der Waals surface area contributed by atoms with Gasteiger partial charge in [-0.05, 0) is 37.0 Å². The molecule has 0 saturated heterocycles. The van der Waals surface area contributed by atoms with Crippen LogP contribution in [0.1, 0.15) is 50.5 Å². The summed E-state index contributed by atoms with van der Waals surface area (Å²) in [5.74, 6) is -0.0493. The highest BCUT2D eigenvalue weighted by Gasteiger charge is 2.15. The monoisotopic (exact) mass is 413 g/mol. The Kier molecular flexibility index (Phi) is 9.46. The minimum absolute atomic E-state index is 0.0600. The molecule has 1 aliphatic rings. The zero-order valence-electron chi connectivity index (χ0n) is 16.6. The van der Waals surface area contributed by atoms with Crippen molar-refractivity contribution in [1.29, 1.82) is 0 Å². The molecule has 2 rings (SSSR count). The first-order valence-electron chi connectivity index (χ1n) is 9.90. The fraction of sp³-hybridized carbons (Fsp3) is 0.600. The molecule has 1 aromatic carbocycles. The molecule has 1 aromatic rings. The fourth-order valence-corrected chi connectivity index (χ4v) is 3.24. The Labute approximate surface area is 169 Å². The van der Waals surface area contributed by atoms with Crippen molar-refractivity contribution in [2.75, 3.05) is 13.7 Å². The van der Waals surface area contributed by atoms with Crippen LogP contribution < -0.4 is 25.4 Å². The molecule has 1 aliphatic carbocycles. The molecule has 3 N–H and O–H groups in total. The molecule has 29 heavy (non-hydrogen) atoms. The summed E-state index contributed by atoms with van der Waals surface area (Å²) >= 11 is 0. The standard InChI is InChI=1S/C20H29F2N3O4/c1-28-17-12-14(9-10-16(17)29-19(21)22)13-24-18(26)8-5-11-23-20(27)25-15-6-3-2-4-7-15/h9-10,12,15,19H,2-8,11,13H2,1H3,(H,24,26)(H2,23,25,27). The number of halogens is 2. The molecule has 7 nitrogen and oxygen atoms in total. The number of carbonyl (C=O) groups excluding carboxylic acids is 2. The molecule has 0 radical (unpaired) electrons. The highest BCUT2D eigenvalue weighted by molar-refractivity contribution is 5.76. The number of ether oxygens (including phenoxy) is 2. The predicted molar refractivity (Wildman–Crippen MR) is 104 cm³/mol. The van der Waals surface area contributed by atoms with Gasteiger partial charge in [0.05, 0.1) is 7.11 Å². The molecule has 0 unspecified atom stereocenters. The van der Waals surface area contributed by atoms with Crippen LogP contribution in [0.25, 0.3) is 0 Å². The van der Waals surface area contributed by atoms with E-state index < -0.39 is 6.61 Å². The van der Waals surface area contributed by atoms with Gasteiger partial charge in [-0.3, -0.25) is 4.79 Å². The maximum atomic E-state index is 12.3. The van der Waals surface area contributed by atoms with Crippen LogP contribution in [0.15, 0.2) is 18.2 Å². The van der Waals surface area contributed by atoms with Gasteiger partial charge in [0.15, 0.2) is 11.5 Å². The number of hydrogen-bond acceptors (Lipinski definition) is 4. The maximum Gasteiger partial charge on any atom is 0.387 e. The molecule has 0 atom stereocenters. The molecule has 9 heteroatoms. The molecule has 1 saturated carbocycles. The number of methoxy groups -OCH3 is 1. The number of carbonyl (C=O) groups is 2. The van der Waals surface area contributed by atoms with Crippen LogP contribution in [0.2, 0.25) is 0 Å². The lowest BCUT2D eigenvalue weighted by molar-refractivity contribution is -0.121. The molecule has 0 aromatic heterocycles. The summed E-state index contributed by atoms with van der Waals surface area (Å²) in [5, 5.41) is 8.49. The maximum absolute atomic E-state index is 12.3. The molecule has 162 valence electrons. The van der Waals surface area contributed by atoms with Crippen LogP contribution in [-0.4, -0.2) is 38.2 Å². The molecule has 3 amide bonds. The summed E-state index contributed by atoms with van der Waals surface area (Å²) in [4.78, 5) is 23.8. The molecular formula is C20H29F2N3O4. The lowest BCUT2D eigenvalue weighted by Gasteiger charge is -2.22. The van der Waals surface area contributed by atoms with Crippen LogP contribution in [0, 0.1) is 0 Å². The Morgan fingerprint density at radius 2 is 1.90 bits per heavy atom. The molecule has 0 heterocycles. The van der Waals surface area contributed by atoms with Crippen LogP contribution in [0.4, 0.5) is 13.6 Å². The Morgan fingerprint density at radius 1 is 1.14 bits per heavy atom. The van der Waals surface area contributed by atoms with E-state index in [1.54, 1.807) is 6.07 Å². The van der Waals surface area contributed by atoms with Crippen LogP contribution in [-0.2, 0) is 11.3 Å². The highest BCUT2D eigenvalue weighted by atomic mass is 19.3. The van der Waals surface area contributed by atoms with Gasteiger partial charge in [0.25, 0.3) is 0 Å². The van der Waals surface area contributed by atoms with Gasteiger partial charge in [-0.2, -0.15) is 8.78 Å². The van der Waals surface area contributed by atoms with Crippen molar-refractivity contribution in [3.63, 3.8) is 0 Å². The highest BCUT2D eigenvalue weighted by Crippen LogP contribution is 2.29. The van der Waals surface area contributed by atoms with Crippen molar-refractivity contribution < 1.29 is 27.8 Å². The lowest BCUT2D eigenvalue weighted by Crippen LogP contribution is -2.43. The summed E-state index contributed by atoms with van der Waals surface area (Å²) in [6, 6.07) is 4.56. The second-order valence-electron chi connectivity index (χ2n) is 6.98. The molecular weight excluding hydrogens is 384 g/mol. The van der Waals surface area contributed by atoms with Crippen LogP contribution in [0.5, 0.6) is 11.5 Å². The third kappa shape index (κ3) is 8.53. The molecule has 0 spiro atoms. The van der Waals surface area contributed by atoms with Gasteiger partial charge in [-0.1, -0.05) is 25.3 Å². The van der Waals surface area contributed by atoms with E-state index in [0.29, 0.717) is 18.5 Å². The Bertz CT molecular complexity index is 667. The second kappa shape index (κ2) is 12.1. The van der Waals surface area contributed by atoms with E-state index in [1.807, 2.05) is 0 Å². The van der Waals surface area contributed by atoms with E-state index in [0.717, 1.165) is 25.7 Å². The van der Waals surface area contributed by atoms with Gasteiger partial charge >= 0.3 is 12.6 Å². The van der Waals surface area contributed by atoms with Crippen molar-refractivity contribution >= 4 is 11.9 Å². The number of hydrogen-bond donors (Lipinski definition) is 3. The predicted octanol–water partition coefficient (Wildman–Crippen LogP) is 3.32. The van der Waals surface area contributed by atoms with Crippen molar-refractivity contribution in [2.45, 2.75) is 64.1 Å². The van der Waals surface area contributed by atoms with Gasteiger partial charge < -0.3 is 25.4 Å². The van der Waals surface area contributed by atoms with Crippen molar-refractivity contribution in [3.8, 4) is 11.5 Å². The van der Waals surface area contributed by atoms with Gasteiger partial charge in [0.2, 0.25) is 5.91 Å². The van der Waals surface area contributed by atoms with Crippen molar-refractivity contribution in [2.24, 2.45) is 0 Å². The summed E-state index contributed by atoms with van der Waals surface area (Å²) < 4.78 is 34.1. The van der Waals surface area contributed by atoms with E-state index in [-0.39, 0.29) is 42.4 Å². The first kappa shape index (κ1) is 22.7. The summed E-state index contributed by atoms with van der Waals surface area (Å²) in [6.45, 7) is -2.29. The minimum Gasteiger partial charge on any atom is -0.493 e. The van der Waals surface area contributed by atoms with E-state index in [1.165, 1.54) is 25.7 Å².